The number of fused-ring (bicyclic) bond motifs is 1. The van der Waals surface area contributed by atoms with Crippen LogP contribution in [-0.2, 0) is 7.05 Å². The third kappa shape index (κ3) is 2.62. The molecule has 4 heterocycles. The number of aromatic nitrogens is 2. The maximum atomic E-state index is 12.7. The van der Waals surface area contributed by atoms with Crippen molar-refractivity contribution in [2.24, 2.45) is 7.05 Å². The van der Waals surface area contributed by atoms with Crippen LogP contribution in [-0.4, -0.2) is 68.7 Å². The minimum absolute atomic E-state index is 0.0233. The summed E-state index contributed by atoms with van der Waals surface area (Å²) in [6.07, 6.45) is 3.75. The van der Waals surface area contributed by atoms with Crippen LogP contribution in [0.1, 0.15) is 23.3 Å². The molecular formula is C17H22N4O2. The van der Waals surface area contributed by atoms with Gasteiger partial charge in [0, 0.05) is 50.9 Å². The Bertz CT molecular complexity index is 727. The number of pyridine rings is 1. The number of aliphatic hydroxyl groups is 1. The van der Waals surface area contributed by atoms with E-state index in [-0.39, 0.29) is 12.0 Å². The molecule has 0 aromatic carbocycles. The molecule has 122 valence electrons. The fourth-order valence-corrected chi connectivity index (χ4v) is 3.64. The van der Waals surface area contributed by atoms with E-state index in [2.05, 4.69) is 9.88 Å². The van der Waals surface area contributed by atoms with Crippen LogP contribution in [0, 0.1) is 0 Å². The van der Waals surface area contributed by atoms with Gasteiger partial charge in [0.05, 0.1) is 6.10 Å². The molecule has 2 aliphatic rings. The van der Waals surface area contributed by atoms with Crippen molar-refractivity contribution in [3.63, 3.8) is 0 Å². The number of aryl methyl sites for hydroxylation is 1. The van der Waals surface area contributed by atoms with E-state index in [4.69, 9.17) is 0 Å². The lowest BCUT2D eigenvalue weighted by atomic mass is 9.98. The highest BCUT2D eigenvalue weighted by atomic mass is 16.3. The van der Waals surface area contributed by atoms with Gasteiger partial charge in [-0.3, -0.25) is 9.69 Å². The molecule has 4 rings (SSSR count). The Morgan fingerprint density at radius 3 is 2.65 bits per heavy atom. The minimum Gasteiger partial charge on any atom is -0.390 e. The Morgan fingerprint density at radius 2 is 1.96 bits per heavy atom. The number of likely N-dealkylation sites (tertiary alicyclic amines) is 2. The van der Waals surface area contributed by atoms with Crippen LogP contribution >= 0.6 is 0 Å². The minimum atomic E-state index is -0.157. The molecule has 0 bridgehead atoms. The highest BCUT2D eigenvalue weighted by Gasteiger charge is 2.34. The van der Waals surface area contributed by atoms with E-state index >= 15 is 0 Å². The normalized spacial score (nSPS) is 20.9. The second-order valence-corrected chi connectivity index (χ2v) is 6.67. The van der Waals surface area contributed by atoms with Gasteiger partial charge in [0.2, 0.25) is 0 Å². The summed E-state index contributed by atoms with van der Waals surface area (Å²) in [5.41, 5.74) is 1.37. The van der Waals surface area contributed by atoms with Crippen LogP contribution < -0.4 is 0 Å². The lowest BCUT2D eigenvalue weighted by Crippen LogP contribution is -2.58. The zero-order chi connectivity index (χ0) is 16.0. The molecule has 0 unspecified atom stereocenters. The average Bonchev–Trinajstić information content (AvgIpc) is 2.92. The van der Waals surface area contributed by atoms with Crippen molar-refractivity contribution in [2.45, 2.75) is 25.0 Å². The zero-order valence-corrected chi connectivity index (χ0v) is 13.4. The fourth-order valence-electron chi connectivity index (χ4n) is 3.64. The summed E-state index contributed by atoms with van der Waals surface area (Å²) in [6, 6.07) is 6.29. The van der Waals surface area contributed by atoms with Gasteiger partial charge in [0.15, 0.2) is 0 Å². The molecule has 2 saturated heterocycles. The monoisotopic (exact) mass is 314 g/mol. The second-order valence-electron chi connectivity index (χ2n) is 6.67. The van der Waals surface area contributed by atoms with Crippen LogP contribution in [0.25, 0.3) is 11.0 Å². The maximum Gasteiger partial charge on any atom is 0.272 e. The van der Waals surface area contributed by atoms with E-state index in [1.54, 1.807) is 0 Å². The van der Waals surface area contributed by atoms with E-state index in [0.29, 0.717) is 11.7 Å². The molecule has 6 heteroatoms. The van der Waals surface area contributed by atoms with Gasteiger partial charge in [-0.2, -0.15) is 0 Å². The third-order valence-electron chi connectivity index (χ3n) is 5.09. The molecule has 2 aromatic heterocycles. The number of rotatable bonds is 2. The Morgan fingerprint density at radius 1 is 1.22 bits per heavy atom. The summed E-state index contributed by atoms with van der Waals surface area (Å²) in [5.74, 6) is 0.0233. The molecular weight excluding hydrogens is 292 g/mol. The molecule has 2 aliphatic heterocycles. The molecule has 1 amide bonds. The SMILES string of the molecule is Cn1ccc2ccc(C(=O)N3CCC(N4CC(O)C4)CC3)nc21. The maximum absolute atomic E-state index is 12.7. The van der Waals surface area contributed by atoms with Gasteiger partial charge in [-0.25, -0.2) is 4.98 Å². The van der Waals surface area contributed by atoms with E-state index < -0.39 is 0 Å². The van der Waals surface area contributed by atoms with Crippen molar-refractivity contribution in [1.82, 2.24) is 19.4 Å². The highest BCUT2D eigenvalue weighted by molar-refractivity contribution is 5.94. The summed E-state index contributed by atoms with van der Waals surface area (Å²) in [4.78, 5) is 21.4. The van der Waals surface area contributed by atoms with Crippen molar-refractivity contribution in [3.05, 3.63) is 30.1 Å². The number of carbonyl (C=O) groups excluding carboxylic acids is 1. The molecule has 0 aliphatic carbocycles. The topological polar surface area (TPSA) is 61.6 Å². The number of carbonyl (C=O) groups is 1. The van der Waals surface area contributed by atoms with E-state index in [0.717, 1.165) is 50.1 Å². The zero-order valence-electron chi connectivity index (χ0n) is 13.4. The Kier molecular flexibility index (Phi) is 3.58. The first-order chi connectivity index (χ1) is 11.1. The van der Waals surface area contributed by atoms with Gasteiger partial charge in [-0.1, -0.05) is 0 Å². The summed E-state index contributed by atoms with van der Waals surface area (Å²) in [6.45, 7) is 3.10. The lowest BCUT2D eigenvalue weighted by Gasteiger charge is -2.45. The van der Waals surface area contributed by atoms with Crippen LogP contribution in [0.15, 0.2) is 24.4 Å². The fraction of sp³-hybridized carbons (Fsp3) is 0.529. The van der Waals surface area contributed by atoms with Gasteiger partial charge in [-0.15, -0.1) is 0 Å². The van der Waals surface area contributed by atoms with Crippen molar-refractivity contribution < 1.29 is 9.90 Å². The molecule has 0 atom stereocenters. The molecule has 0 radical (unpaired) electrons. The number of nitrogens with zero attached hydrogens (tertiary/aromatic N) is 4. The van der Waals surface area contributed by atoms with Gasteiger partial charge < -0.3 is 14.6 Å². The summed E-state index contributed by atoms with van der Waals surface area (Å²) in [7, 11) is 1.94. The Hall–Kier alpha value is -1.92. The first kappa shape index (κ1) is 14.7. The molecule has 2 aromatic rings. The van der Waals surface area contributed by atoms with Crippen molar-refractivity contribution >= 4 is 16.9 Å². The summed E-state index contributed by atoms with van der Waals surface area (Å²) in [5, 5.41) is 10.5. The highest BCUT2D eigenvalue weighted by Crippen LogP contribution is 2.23. The van der Waals surface area contributed by atoms with Crippen molar-refractivity contribution in [2.75, 3.05) is 26.2 Å². The van der Waals surface area contributed by atoms with E-state index in [1.807, 2.05) is 40.9 Å². The van der Waals surface area contributed by atoms with Gasteiger partial charge in [0.25, 0.3) is 5.91 Å². The largest absolute Gasteiger partial charge is 0.390 e. The van der Waals surface area contributed by atoms with Crippen LogP contribution in [0.3, 0.4) is 0 Å². The quantitative estimate of drug-likeness (QED) is 0.893. The van der Waals surface area contributed by atoms with Gasteiger partial charge >= 0.3 is 0 Å². The van der Waals surface area contributed by atoms with Gasteiger partial charge in [-0.05, 0) is 31.0 Å². The summed E-state index contributed by atoms with van der Waals surface area (Å²) < 4.78 is 1.94. The number of hydrogen-bond acceptors (Lipinski definition) is 4. The van der Waals surface area contributed by atoms with E-state index in [1.165, 1.54) is 0 Å². The third-order valence-corrected chi connectivity index (χ3v) is 5.09. The average molecular weight is 314 g/mol. The van der Waals surface area contributed by atoms with Crippen LogP contribution in [0.4, 0.5) is 0 Å². The number of piperidine rings is 1. The van der Waals surface area contributed by atoms with Crippen LogP contribution in [0.2, 0.25) is 0 Å². The van der Waals surface area contributed by atoms with Crippen LogP contribution in [0.5, 0.6) is 0 Å². The molecule has 6 nitrogen and oxygen atoms in total. The van der Waals surface area contributed by atoms with E-state index in [9.17, 15) is 9.90 Å². The standard InChI is InChI=1S/C17H22N4O2/c1-19-7-4-12-2-3-15(18-16(12)19)17(23)20-8-5-13(6-9-20)21-10-14(22)11-21/h2-4,7,13-14,22H,5-6,8-11H2,1H3. The first-order valence-electron chi connectivity index (χ1n) is 8.25. The molecule has 23 heavy (non-hydrogen) atoms. The number of β-amino-alcohol motifs (C(OH)–C–C–N with tert-alkyl or cyclic N) is 1. The number of hydrogen-bond donors (Lipinski definition) is 1. The molecule has 0 saturated carbocycles. The molecule has 0 spiro atoms. The lowest BCUT2D eigenvalue weighted by molar-refractivity contribution is -0.0381. The molecule has 2 fully saturated rings. The summed E-state index contributed by atoms with van der Waals surface area (Å²) >= 11 is 0. The predicted molar refractivity (Wildman–Crippen MR) is 87.2 cm³/mol. The Balaban J connectivity index is 1.43. The molecule has 1 N–H and O–H groups in total. The smallest absolute Gasteiger partial charge is 0.272 e. The first-order valence-corrected chi connectivity index (χ1v) is 8.25. The van der Waals surface area contributed by atoms with Crippen molar-refractivity contribution in [3.8, 4) is 0 Å². The predicted octanol–water partition coefficient (Wildman–Crippen LogP) is 0.854. The Labute approximate surface area is 135 Å². The van der Waals surface area contributed by atoms with Gasteiger partial charge in [0.1, 0.15) is 11.3 Å². The number of aliphatic hydroxyl groups excluding tert-OH is 1. The van der Waals surface area contributed by atoms with Crippen molar-refractivity contribution in [1.29, 1.82) is 0 Å². The number of amides is 1. The second kappa shape index (κ2) is 5.62.